The van der Waals surface area contributed by atoms with Crippen LogP contribution in [0.3, 0.4) is 0 Å². The molecule has 0 heterocycles. The number of aryl methyl sites for hydroxylation is 1. The summed E-state index contributed by atoms with van der Waals surface area (Å²) in [6, 6.07) is 4.87. The third-order valence-corrected chi connectivity index (χ3v) is 1.62. The van der Waals surface area contributed by atoms with Crippen molar-refractivity contribution in [3.63, 3.8) is 0 Å². The van der Waals surface area contributed by atoms with Crippen LogP contribution in [0.1, 0.15) is 5.56 Å². The number of hydrogen-bond acceptors (Lipinski definition) is 3. The first-order chi connectivity index (χ1) is 6.61. The second-order valence-corrected chi connectivity index (χ2v) is 3.04. The van der Waals surface area contributed by atoms with E-state index in [2.05, 4.69) is 10.1 Å². The standard InChI is InChI=1S/C10H13NO3/c1-7-3-8(5-9(12)4-7)11-10(13)6-14-2/h3-5,12H,6H2,1-2H3,(H,11,13). The molecule has 4 heteroatoms. The molecule has 0 bridgehead atoms. The van der Waals surface area contributed by atoms with E-state index in [1.807, 2.05) is 6.92 Å². The number of phenolic OH excluding ortho intramolecular Hbond substituents is 1. The highest BCUT2D eigenvalue weighted by atomic mass is 16.5. The minimum Gasteiger partial charge on any atom is -0.508 e. The summed E-state index contributed by atoms with van der Waals surface area (Å²) >= 11 is 0. The van der Waals surface area contributed by atoms with Gasteiger partial charge < -0.3 is 15.2 Å². The van der Waals surface area contributed by atoms with Gasteiger partial charge in [0.15, 0.2) is 0 Å². The maximum Gasteiger partial charge on any atom is 0.250 e. The molecule has 0 saturated heterocycles. The third-order valence-electron chi connectivity index (χ3n) is 1.62. The number of amides is 1. The fraction of sp³-hybridized carbons (Fsp3) is 0.300. The van der Waals surface area contributed by atoms with Crippen LogP contribution in [0, 0.1) is 6.92 Å². The fourth-order valence-corrected chi connectivity index (χ4v) is 1.16. The Morgan fingerprint density at radius 3 is 2.79 bits per heavy atom. The second-order valence-electron chi connectivity index (χ2n) is 3.04. The minimum atomic E-state index is -0.238. The third kappa shape index (κ3) is 3.06. The molecule has 0 aliphatic carbocycles. The number of benzene rings is 1. The summed E-state index contributed by atoms with van der Waals surface area (Å²) < 4.78 is 4.66. The molecule has 14 heavy (non-hydrogen) atoms. The molecular weight excluding hydrogens is 182 g/mol. The topological polar surface area (TPSA) is 58.6 Å². The minimum absolute atomic E-state index is 0.00863. The van der Waals surface area contributed by atoms with E-state index in [9.17, 15) is 9.90 Å². The molecule has 0 saturated carbocycles. The number of methoxy groups -OCH3 is 1. The molecule has 0 atom stereocenters. The van der Waals surface area contributed by atoms with E-state index in [4.69, 9.17) is 0 Å². The van der Waals surface area contributed by atoms with Gasteiger partial charge in [-0.25, -0.2) is 0 Å². The molecule has 4 nitrogen and oxygen atoms in total. The predicted octanol–water partition coefficient (Wildman–Crippen LogP) is 1.29. The van der Waals surface area contributed by atoms with Gasteiger partial charge >= 0.3 is 0 Å². The van der Waals surface area contributed by atoms with Gasteiger partial charge in [-0.1, -0.05) is 0 Å². The molecule has 0 fully saturated rings. The Labute approximate surface area is 82.5 Å². The van der Waals surface area contributed by atoms with E-state index in [0.717, 1.165) is 5.56 Å². The van der Waals surface area contributed by atoms with E-state index in [1.54, 1.807) is 12.1 Å². The zero-order valence-corrected chi connectivity index (χ0v) is 8.20. The second kappa shape index (κ2) is 4.62. The Kier molecular flexibility index (Phi) is 3.48. The van der Waals surface area contributed by atoms with Gasteiger partial charge in [-0.05, 0) is 24.6 Å². The molecule has 76 valence electrons. The summed E-state index contributed by atoms with van der Waals surface area (Å²) in [6.07, 6.45) is 0. The van der Waals surface area contributed by atoms with Crippen molar-refractivity contribution in [1.29, 1.82) is 0 Å². The number of phenols is 1. The lowest BCUT2D eigenvalue weighted by Gasteiger charge is -2.05. The lowest BCUT2D eigenvalue weighted by Crippen LogP contribution is -2.17. The maximum absolute atomic E-state index is 11.1. The van der Waals surface area contributed by atoms with Crippen LogP contribution in [0.25, 0.3) is 0 Å². The molecule has 0 aromatic heterocycles. The SMILES string of the molecule is COCC(=O)Nc1cc(C)cc(O)c1. The van der Waals surface area contributed by atoms with E-state index in [0.29, 0.717) is 5.69 Å². The van der Waals surface area contributed by atoms with Gasteiger partial charge in [0.1, 0.15) is 12.4 Å². The number of aromatic hydroxyl groups is 1. The first kappa shape index (κ1) is 10.5. The Hall–Kier alpha value is -1.55. The Balaban J connectivity index is 2.71. The van der Waals surface area contributed by atoms with Crippen LogP contribution in [0.2, 0.25) is 0 Å². The molecule has 0 unspecified atom stereocenters. The van der Waals surface area contributed by atoms with Crippen LogP contribution in [0.5, 0.6) is 5.75 Å². The molecule has 1 rings (SSSR count). The molecule has 1 amide bonds. The summed E-state index contributed by atoms with van der Waals surface area (Å²) in [4.78, 5) is 11.1. The average molecular weight is 195 g/mol. The van der Waals surface area contributed by atoms with Gasteiger partial charge in [-0.15, -0.1) is 0 Å². The largest absolute Gasteiger partial charge is 0.508 e. The highest BCUT2D eigenvalue weighted by Gasteiger charge is 2.02. The van der Waals surface area contributed by atoms with Gasteiger partial charge in [-0.3, -0.25) is 4.79 Å². The van der Waals surface area contributed by atoms with Crippen LogP contribution in [-0.2, 0) is 9.53 Å². The molecule has 1 aromatic carbocycles. The Morgan fingerprint density at radius 1 is 1.50 bits per heavy atom. The van der Waals surface area contributed by atoms with Crippen molar-refractivity contribution in [3.8, 4) is 5.75 Å². The molecular formula is C10H13NO3. The summed E-state index contributed by atoms with van der Waals surface area (Å²) in [5.41, 5.74) is 1.46. The fourth-order valence-electron chi connectivity index (χ4n) is 1.16. The number of carbonyl (C=O) groups is 1. The lowest BCUT2D eigenvalue weighted by molar-refractivity contribution is -0.119. The van der Waals surface area contributed by atoms with Crippen molar-refractivity contribution in [2.24, 2.45) is 0 Å². The zero-order chi connectivity index (χ0) is 10.6. The van der Waals surface area contributed by atoms with Crippen molar-refractivity contribution < 1.29 is 14.6 Å². The van der Waals surface area contributed by atoms with Crippen LogP contribution in [0.15, 0.2) is 18.2 Å². The van der Waals surface area contributed by atoms with Crippen LogP contribution in [-0.4, -0.2) is 24.7 Å². The van der Waals surface area contributed by atoms with Crippen molar-refractivity contribution in [2.45, 2.75) is 6.92 Å². The molecule has 0 aliphatic heterocycles. The van der Waals surface area contributed by atoms with Gasteiger partial charge in [0.05, 0.1) is 0 Å². The summed E-state index contributed by atoms with van der Waals surface area (Å²) in [7, 11) is 1.45. The summed E-state index contributed by atoms with van der Waals surface area (Å²) in [5.74, 6) is -0.102. The number of carbonyl (C=O) groups excluding carboxylic acids is 1. The molecule has 2 N–H and O–H groups in total. The number of anilines is 1. The summed E-state index contributed by atoms with van der Waals surface area (Å²) in [6.45, 7) is 1.85. The molecule has 0 spiro atoms. The number of rotatable bonds is 3. The number of ether oxygens (including phenoxy) is 1. The Morgan fingerprint density at radius 2 is 2.21 bits per heavy atom. The van der Waals surface area contributed by atoms with E-state index in [1.165, 1.54) is 13.2 Å². The number of nitrogens with one attached hydrogen (secondary N) is 1. The average Bonchev–Trinajstić information content (AvgIpc) is 2.01. The maximum atomic E-state index is 11.1. The van der Waals surface area contributed by atoms with E-state index < -0.39 is 0 Å². The molecule has 0 aliphatic rings. The van der Waals surface area contributed by atoms with E-state index >= 15 is 0 Å². The highest BCUT2D eigenvalue weighted by Crippen LogP contribution is 2.18. The monoisotopic (exact) mass is 195 g/mol. The van der Waals surface area contributed by atoms with Crippen LogP contribution in [0.4, 0.5) is 5.69 Å². The highest BCUT2D eigenvalue weighted by molar-refractivity contribution is 5.91. The van der Waals surface area contributed by atoms with Crippen molar-refractivity contribution in [1.82, 2.24) is 0 Å². The van der Waals surface area contributed by atoms with Gasteiger partial charge in [0, 0.05) is 18.9 Å². The Bertz CT molecular complexity index is 316. The summed E-state index contributed by atoms with van der Waals surface area (Å²) in [5, 5.41) is 11.9. The van der Waals surface area contributed by atoms with Crippen LogP contribution >= 0.6 is 0 Å². The predicted molar refractivity (Wildman–Crippen MR) is 53.3 cm³/mol. The van der Waals surface area contributed by atoms with Crippen LogP contribution < -0.4 is 5.32 Å². The normalized spacial score (nSPS) is 9.86. The van der Waals surface area contributed by atoms with E-state index in [-0.39, 0.29) is 18.3 Å². The van der Waals surface area contributed by atoms with Gasteiger partial charge in [-0.2, -0.15) is 0 Å². The first-order valence-electron chi connectivity index (χ1n) is 4.21. The van der Waals surface area contributed by atoms with Gasteiger partial charge in [0.2, 0.25) is 5.91 Å². The zero-order valence-electron chi connectivity index (χ0n) is 8.20. The lowest BCUT2D eigenvalue weighted by atomic mass is 10.2. The quantitative estimate of drug-likeness (QED) is 0.764. The molecule has 0 radical (unpaired) electrons. The van der Waals surface area contributed by atoms with Crippen molar-refractivity contribution in [3.05, 3.63) is 23.8 Å². The van der Waals surface area contributed by atoms with Crippen molar-refractivity contribution >= 4 is 11.6 Å². The smallest absolute Gasteiger partial charge is 0.250 e. The van der Waals surface area contributed by atoms with Crippen molar-refractivity contribution in [2.75, 3.05) is 19.0 Å². The number of hydrogen-bond donors (Lipinski definition) is 2. The molecule has 1 aromatic rings. The first-order valence-corrected chi connectivity index (χ1v) is 4.21. The van der Waals surface area contributed by atoms with Gasteiger partial charge in [0.25, 0.3) is 0 Å².